The number of nitrogens with zero attached hydrogens (tertiary/aromatic N) is 2. The van der Waals surface area contributed by atoms with Crippen molar-refractivity contribution in [3.63, 3.8) is 0 Å². The molecule has 0 saturated heterocycles. The normalized spacial score (nSPS) is 10.7. The summed E-state index contributed by atoms with van der Waals surface area (Å²) >= 11 is 0. The van der Waals surface area contributed by atoms with Gasteiger partial charge in [0.25, 0.3) is 0 Å². The van der Waals surface area contributed by atoms with Crippen LogP contribution in [-0.2, 0) is 0 Å². The Labute approximate surface area is 105 Å². The third kappa shape index (κ3) is 2.16. The van der Waals surface area contributed by atoms with Gasteiger partial charge in [0.05, 0.1) is 18.8 Å². The molecule has 0 atom stereocenters. The average Bonchev–Trinajstić information content (AvgIpc) is 2.43. The minimum atomic E-state index is 0.371. The van der Waals surface area contributed by atoms with Gasteiger partial charge < -0.3 is 4.74 Å². The van der Waals surface area contributed by atoms with Crippen molar-refractivity contribution in [3.05, 3.63) is 48.0 Å². The van der Waals surface area contributed by atoms with E-state index in [1.165, 1.54) is 6.08 Å². The highest BCUT2D eigenvalue weighted by molar-refractivity contribution is 5.89. The van der Waals surface area contributed by atoms with E-state index in [0.29, 0.717) is 5.57 Å². The maximum atomic E-state index is 8.98. The molecule has 0 fully saturated rings. The summed E-state index contributed by atoms with van der Waals surface area (Å²) in [5, 5.41) is 19.6. The van der Waals surface area contributed by atoms with Gasteiger partial charge in [-0.1, -0.05) is 18.2 Å². The van der Waals surface area contributed by atoms with Crippen molar-refractivity contribution in [2.45, 2.75) is 0 Å². The quantitative estimate of drug-likeness (QED) is 0.749. The van der Waals surface area contributed by atoms with Gasteiger partial charge in [0.15, 0.2) is 0 Å². The summed E-state index contributed by atoms with van der Waals surface area (Å²) in [5.41, 5.74) is 1.12. The molecule has 2 aromatic carbocycles. The Morgan fingerprint density at radius 3 is 2.50 bits per heavy atom. The summed E-state index contributed by atoms with van der Waals surface area (Å²) in [6, 6.07) is 15.3. The second kappa shape index (κ2) is 5.03. The summed E-state index contributed by atoms with van der Waals surface area (Å²) in [4.78, 5) is 0. The molecule has 0 amide bonds. The van der Waals surface area contributed by atoms with Crippen molar-refractivity contribution >= 4 is 16.3 Å². The molecule has 3 nitrogen and oxygen atoms in total. The Kier molecular flexibility index (Phi) is 3.27. The maximum Gasteiger partial charge on any atom is 0.119 e. The van der Waals surface area contributed by atoms with Crippen molar-refractivity contribution in [1.82, 2.24) is 0 Å². The van der Waals surface area contributed by atoms with Gasteiger partial charge in [0.1, 0.15) is 11.8 Å². The lowest BCUT2D eigenvalue weighted by Crippen LogP contribution is -1.85. The molecule has 0 N–H and O–H groups in total. The molecule has 0 aliphatic heterocycles. The fraction of sp³-hybridized carbons (Fsp3) is 0.0667. The van der Waals surface area contributed by atoms with Crippen molar-refractivity contribution in [2.75, 3.05) is 7.11 Å². The minimum Gasteiger partial charge on any atom is -0.497 e. The number of allylic oxidation sites excluding steroid dienone is 2. The third-order valence-corrected chi connectivity index (χ3v) is 2.69. The third-order valence-electron chi connectivity index (χ3n) is 2.69. The van der Waals surface area contributed by atoms with Crippen molar-refractivity contribution < 1.29 is 4.74 Å². The molecule has 3 heteroatoms. The van der Waals surface area contributed by atoms with Crippen LogP contribution in [0.25, 0.3) is 16.3 Å². The smallest absolute Gasteiger partial charge is 0.119 e. The molecule has 0 radical (unpaired) electrons. The number of nitriles is 2. The van der Waals surface area contributed by atoms with Crippen LogP contribution in [0.5, 0.6) is 5.75 Å². The fourth-order valence-corrected chi connectivity index (χ4v) is 1.76. The minimum absolute atomic E-state index is 0.371. The summed E-state index contributed by atoms with van der Waals surface area (Å²) in [6.07, 6.45) is 1.25. The molecule has 86 valence electrons. The van der Waals surface area contributed by atoms with E-state index < -0.39 is 0 Å². The van der Waals surface area contributed by atoms with Crippen LogP contribution in [0.3, 0.4) is 0 Å². The predicted molar refractivity (Wildman–Crippen MR) is 69.7 cm³/mol. The first kappa shape index (κ1) is 11.7. The molecule has 0 spiro atoms. The highest BCUT2D eigenvalue weighted by atomic mass is 16.5. The van der Waals surface area contributed by atoms with E-state index >= 15 is 0 Å². The Balaban J connectivity index is 2.56. The zero-order valence-electron chi connectivity index (χ0n) is 9.84. The van der Waals surface area contributed by atoms with Crippen LogP contribution in [0.2, 0.25) is 0 Å². The molecule has 0 aliphatic carbocycles. The molecular weight excluding hydrogens is 224 g/mol. The van der Waals surface area contributed by atoms with Gasteiger partial charge in [-0.25, -0.2) is 0 Å². The number of hydrogen-bond donors (Lipinski definition) is 0. The highest BCUT2D eigenvalue weighted by Crippen LogP contribution is 2.24. The lowest BCUT2D eigenvalue weighted by Gasteiger charge is -2.04. The SMILES string of the molecule is COc1ccc2cc(/C(C#N)=C/C#N)ccc2c1. The van der Waals surface area contributed by atoms with E-state index in [4.69, 9.17) is 15.3 Å². The number of hydrogen-bond acceptors (Lipinski definition) is 3. The van der Waals surface area contributed by atoms with Crippen LogP contribution < -0.4 is 4.74 Å². The van der Waals surface area contributed by atoms with E-state index in [9.17, 15) is 0 Å². The largest absolute Gasteiger partial charge is 0.497 e. The van der Waals surface area contributed by atoms with Crippen LogP contribution in [0.15, 0.2) is 42.5 Å². The van der Waals surface area contributed by atoms with Crippen LogP contribution in [0, 0.1) is 22.7 Å². The summed E-state index contributed by atoms with van der Waals surface area (Å²) in [7, 11) is 1.62. The van der Waals surface area contributed by atoms with Gasteiger partial charge in [-0.3, -0.25) is 0 Å². The van der Waals surface area contributed by atoms with Crippen LogP contribution in [-0.4, -0.2) is 7.11 Å². The number of ether oxygens (including phenoxy) is 1. The Morgan fingerprint density at radius 1 is 1.11 bits per heavy atom. The van der Waals surface area contributed by atoms with Gasteiger partial charge in [0, 0.05) is 6.08 Å². The number of fused-ring (bicyclic) bond motifs is 1. The molecular formula is C15H10N2O. The van der Waals surface area contributed by atoms with E-state index in [0.717, 1.165) is 22.1 Å². The molecule has 2 aromatic rings. The second-order valence-electron chi connectivity index (χ2n) is 3.73. The van der Waals surface area contributed by atoms with E-state index in [1.54, 1.807) is 7.11 Å². The Hall–Kier alpha value is -2.78. The maximum absolute atomic E-state index is 8.98. The Morgan fingerprint density at radius 2 is 1.83 bits per heavy atom. The molecule has 0 aromatic heterocycles. The van der Waals surface area contributed by atoms with Gasteiger partial charge in [-0.15, -0.1) is 0 Å². The fourth-order valence-electron chi connectivity index (χ4n) is 1.76. The van der Waals surface area contributed by atoms with E-state index in [1.807, 2.05) is 48.5 Å². The molecule has 18 heavy (non-hydrogen) atoms. The summed E-state index contributed by atoms with van der Waals surface area (Å²) in [6.45, 7) is 0. The zero-order valence-corrected chi connectivity index (χ0v) is 9.84. The number of methoxy groups -OCH3 is 1. The molecule has 0 saturated carbocycles. The number of benzene rings is 2. The van der Waals surface area contributed by atoms with Crippen molar-refractivity contribution in [1.29, 1.82) is 10.5 Å². The first-order valence-corrected chi connectivity index (χ1v) is 5.36. The first-order chi connectivity index (χ1) is 8.78. The van der Waals surface area contributed by atoms with Gasteiger partial charge in [-0.05, 0) is 34.5 Å². The highest BCUT2D eigenvalue weighted by Gasteiger charge is 2.03. The molecule has 0 aliphatic rings. The predicted octanol–water partition coefficient (Wildman–Crippen LogP) is 3.28. The topological polar surface area (TPSA) is 56.8 Å². The van der Waals surface area contributed by atoms with Crippen LogP contribution in [0.1, 0.15) is 5.56 Å². The lowest BCUT2D eigenvalue weighted by atomic mass is 10.0. The van der Waals surface area contributed by atoms with Gasteiger partial charge >= 0.3 is 0 Å². The van der Waals surface area contributed by atoms with Gasteiger partial charge in [-0.2, -0.15) is 10.5 Å². The van der Waals surface area contributed by atoms with Crippen LogP contribution >= 0.6 is 0 Å². The van der Waals surface area contributed by atoms with Crippen LogP contribution in [0.4, 0.5) is 0 Å². The second-order valence-corrected chi connectivity index (χ2v) is 3.73. The zero-order chi connectivity index (χ0) is 13.0. The Bertz CT molecular complexity index is 702. The molecule has 0 heterocycles. The summed E-state index contributed by atoms with van der Waals surface area (Å²) < 4.78 is 5.15. The standard InChI is InChI=1S/C15H10N2O/c1-18-15-5-4-11-8-12(2-3-13(11)9-15)14(10-17)6-7-16/h2-6,8-9H,1H3/b14-6+. The monoisotopic (exact) mass is 234 g/mol. The molecule has 2 rings (SSSR count). The van der Waals surface area contributed by atoms with E-state index in [-0.39, 0.29) is 0 Å². The molecule has 0 bridgehead atoms. The van der Waals surface area contributed by atoms with E-state index in [2.05, 4.69) is 0 Å². The van der Waals surface area contributed by atoms with Crippen molar-refractivity contribution in [2.24, 2.45) is 0 Å². The first-order valence-electron chi connectivity index (χ1n) is 5.36. The number of rotatable bonds is 2. The van der Waals surface area contributed by atoms with Crippen molar-refractivity contribution in [3.8, 4) is 17.9 Å². The lowest BCUT2D eigenvalue weighted by molar-refractivity contribution is 0.415. The van der Waals surface area contributed by atoms with Gasteiger partial charge in [0.2, 0.25) is 0 Å². The molecule has 0 unspecified atom stereocenters. The average molecular weight is 234 g/mol. The summed E-state index contributed by atoms with van der Waals surface area (Å²) in [5.74, 6) is 0.795.